The van der Waals surface area contributed by atoms with Gasteiger partial charge in [-0.25, -0.2) is 14.4 Å². The number of fused-ring (bicyclic) bond motifs is 1. The lowest BCUT2D eigenvalue weighted by Crippen LogP contribution is -2.43. The molecule has 1 N–H and O–H groups in total. The summed E-state index contributed by atoms with van der Waals surface area (Å²) in [6.45, 7) is 3.80. The molecule has 3 aliphatic heterocycles. The molecule has 3 aliphatic rings. The van der Waals surface area contributed by atoms with E-state index in [2.05, 4.69) is 4.98 Å². The summed E-state index contributed by atoms with van der Waals surface area (Å²) in [6, 6.07) is 9.72. The van der Waals surface area contributed by atoms with E-state index in [4.69, 9.17) is 23.7 Å². The Labute approximate surface area is 212 Å². The third-order valence-electron chi connectivity index (χ3n) is 6.60. The lowest BCUT2D eigenvalue weighted by molar-refractivity contribution is -0.203. The van der Waals surface area contributed by atoms with Crippen molar-refractivity contribution in [2.75, 3.05) is 13.2 Å². The van der Waals surface area contributed by atoms with Crippen LogP contribution in [0.15, 0.2) is 52.2 Å². The molecule has 3 fully saturated rings. The van der Waals surface area contributed by atoms with E-state index in [1.807, 2.05) is 30.3 Å². The Balaban J connectivity index is 1.22. The number of rotatable bonds is 6. The molecule has 1 aromatic heterocycles. The van der Waals surface area contributed by atoms with Gasteiger partial charge in [-0.2, -0.15) is 0 Å². The van der Waals surface area contributed by atoms with Gasteiger partial charge >= 0.3 is 17.8 Å². The van der Waals surface area contributed by atoms with Gasteiger partial charge in [-0.05, 0) is 32.3 Å². The number of ether oxygens (including phenoxy) is 5. The van der Waals surface area contributed by atoms with E-state index in [0.29, 0.717) is 19.4 Å². The van der Waals surface area contributed by atoms with Crippen molar-refractivity contribution >= 4 is 12.1 Å². The molecule has 12 heteroatoms. The van der Waals surface area contributed by atoms with E-state index in [0.717, 1.165) is 5.56 Å². The van der Waals surface area contributed by atoms with Crippen LogP contribution in [-0.2, 0) is 35.1 Å². The first-order valence-electron chi connectivity index (χ1n) is 12.2. The molecule has 5 rings (SSSR count). The molecule has 1 amide bonds. The van der Waals surface area contributed by atoms with Gasteiger partial charge in [0.25, 0.3) is 5.56 Å². The van der Waals surface area contributed by atoms with E-state index < -0.39 is 59.7 Å². The summed E-state index contributed by atoms with van der Waals surface area (Å²) in [7, 11) is 0. The number of hydrogen-bond acceptors (Lipinski definition) is 9. The van der Waals surface area contributed by atoms with Crippen LogP contribution in [0.3, 0.4) is 0 Å². The largest absolute Gasteiger partial charge is 0.461 e. The van der Waals surface area contributed by atoms with Crippen LogP contribution in [0.2, 0.25) is 0 Å². The van der Waals surface area contributed by atoms with Crippen LogP contribution in [0.5, 0.6) is 0 Å². The molecule has 0 radical (unpaired) electrons. The van der Waals surface area contributed by atoms with Gasteiger partial charge in [0.15, 0.2) is 12.0 Å². The monoisotopic (exact) mass is 515 g/mol. The van der Waals surface area contributed by atoms with Gasteiger partial charge in [0.2, 0.25) is 0 Å². The summed E-state index contributed by atoms with van der Waals surface area (Å²) in [5.41, 5.74) is -0.341. The van der Waals surface area contributed by atoms with Crippen molar-refractivity contribution in [2.24, 2.45) is 0 Å². The Kier molecular flexibility index (Phi) is 6.88. The third kappa shape index (κ3) is 5.31. The summed E-state index contributed by atoms with van der Waals surface area (Å²) >= 11 is 0. The summed E-state index contributed by atoms with van der Waals surface area (Å²) < 4.78 is 30.1. The highest BCUT2D eigenvalue weighted by Gasteiger charge is 2.56. The van der Waals surface area contributed by atoms with E-state index >= 15 is 0 Å². The fraction of sp³-hybridized carbons (Fsp3) is 0.520. The molecule has 0 saturated carbocycles. The molecule has 198 valence electrons. The van der Waals surface area contributed by atoms with Crippen molar-refractivity contribution in [1.82, 2.24) is 14.5 Å². The second kappa shape index (κ2) is 10.1. The second-order valence-electron chi connectivity index (χ2n) is 9.67. The van der Waals surface area contributed by atoms with Crippen LogP contribution in [0.1, 0.15) is 38.5 Å². The van der Waals surface area contributed by atoms with E-state index in [9.17, 15) is 19.2 Å². The first kappa shape index (κ1) is 25.2. The van der Waals surface area contributed by atoms with Crippen LogP contribution < -0.4 is 11.2 Å². The Morgan fingerprint density at radius 3 is 2.59 bits per heavy atom. The van der Waals surface area contributed by atoms with Crippen molar-refractivity contribution in [3.05, 3.63) is 69.0 Å². The first-order chi connectivity index (χ1) is 17.7. The Hall–Kier alpha value is -3.48. The average molecular weight is 516 g/mol. The Morgan fingerprint density at radius 1 is 1.08 bits per heavy atom. The molecule has 4 heterocycles. The maximum atomic E-state index is 13.0. The zero-order valence-corrected chi connectivity index (χ0v) is 20.5. The number of hydrogen-bond donors (Lipinski definition) is 1. The third-order valence-corrected chi connectivity index (χ3v) is 6.60. The molecule has 5 unspecified atom stereocenters. The molecule has 2 aromatic rings. The number of aromatic amines is 1. The number of H-pyrrole nitrogens is 1. The molecule has 0 aliphatic carbocycles. The van der Waals surface area contributed by atoms with Gasteiger partial charge in [-0.3, -0.25) is 19.2 Å². The highest BCUT2D eigenvalue weighted by Crippen LogP contribution is 2.42. The van der Waals surface area contributed by atoms with Gasteiger partial charge in [-0.1, -0.05) is 30.3 Å². The fourth-order valence-electron chi connectivity index (χ4n) is 4.94. The summed E-state index contributed by atoms with van der Waals surface area (Å²) in [6.07, 6.45) is -1.07. The summed E-state index contributed by atoms with van der Waals surface area (Å²) in [5, 5.41) is 0. The Morgan fingerprint density at radius 2 is 1.84 bits per heavy atom. The molecule has 3 saturated heterocycles. The smallest absolute Gasteiger partial charge is 0.410 e. The van der Waals surface area contributed by atoms with Gasteiger partial charge in [-0.15, -0.1) is 0 Å². The standard InChI is InChI=1S/C25H29N3O9/c1-25(2)36-19-17(35-21(20(19)37-25)28-12-10-18(29)26-23(28)31)14-33-22(30)16-9-6-11-27(16)24(32)34-13-15-7-4-3-5-8-15/h3-5,7-8,10,12,16-17,19-21H,6,9,11,13-14H2,1-2H3,(H,26,29,31). The van der Waals surface area contributed by atoms with Crippen LogP contribution in [-0.4, -0.2) is 69.8 Å². The number of amides is 1. The molecular formula is C25H29N3O9. The number of likely N-dealkylation sites (tertiary alicyclic amines) is 1. The zero-order valence-electron chi connectivity index (χ0n) is 20.5. The van der Waals surface area contributed by atoms with Crippen molar-refractivity contribution in [3.8, 4) is 0 Å². The highest BCUT2D eigenvalue weighted by atomic mass is 16.8. The van der Waals surface area contributed by atoms with Gasteiger partial charge in [0.1, 0.15) is 37.6 Å². The molecule has 37 heavy (non-hydrogen) atoms. The Bertz CT molecular complexity index is 1260. The lowest BCUT2D eigenvalue weighted by Gasteiger charge is -2.26. The van der Waals surface area contributed by atoms with Gasteiger partial charge in [0.05, 0.1) is 0 Å². The zero-order chi connectivity index (χ0) is 26.2. The number of carbonyl (C=O) groups is 2. The lowest BCUT2D eigenvalue weighted by atomic mass is 10.1. The average Bonchev–Trinajstić information content (AvgIpc) is 3.56. The number of nitrogens with zero attached hydrogens (tertiary/aromatic N) is 2. The normalized spacial score (nSPS) is 28.2. The van der Waals surface area contributed by atoms with Crippen LogP contribution in [0, 0.1) is 0 Å². The quantitative estimate of drug-likeness (QED) is 0.564. The number of nitrogens with one attached hydrogen (secondary N) is 1. The summed E-state index contributed by atoms with van der Waals surface area (Å²) in [5.74, 6) is -1.52. The van der Waals surface area contributed by atoms with Crippen LogP contribution in [0.4, 0.5) is 4.79 Å². The minimum atomic E-state index is -0.948. The van der Waals surface area contributed by atoms with Crippen LogP contribution >= 0.6 is 0 Å². The molecular weight excluding hydrogens is 486 g/mol. The number of aromatic nitrogens is 2. The van der Waals surface area contributed by atoms with E-state index in [-0.39, 0.29) is 13.2 Å². The molecule has 5 atom stereocenters. The van der Waals surface area contributed by atoms with E-state index in [1.165, 1.54) is 21.7 Å². The predicted molar refractivity (Wildman–Crippen MR) is 126 cm³/mol. The summed E-state index contributed by atoms with van der Waals surface area (Å²) in [4.78, 5) is 53.0. The maximum absolute atomic E-state index is 13.0. The van der Waals surface area contributed by atoms with Crippen molar-refractivity contribution in [3.63, 3.8) is 0 Å². The SMILES string of the molecule is CC1(C)OC2C(COC(=O)C3CCCN3C(=O)OCc3ccccc3)OC(n3ccc(=O)[nH]c3=O)C2O1. The number of carbonyl (C=O) groups excluding carboxylic acids is 2. The van der Waals surface area contributed by atoms with E-state index in [1.54, 1.807) is 13.8 Å². The van der Waals surface area contributed by atoms with Crippen molar-refractivity contribution < 1.29 is 33.3 Å². The topological polar surface area (TPSA) is 138 Å². The maximum Gasteiger partial charge on any atom is 0.410 e. The minimum Gasteiger partial charge on any atom is -0.461 e. The number of esters is 1. The number of benzene rings is 1. The van der Waals surface area contributed by atoms with Crippen molar-refractivity contribution in [2.45, 2.75) is 69.7 Å². The van der Waals surface area contributed by atoms with Crippen LogP contribution in [0.25, 0.3) is 0 Å². The molecule has 0 spiro atoms. The van der Waals surface area contributed by atoms with Crippen molar-refractivity contribution in [1.29, 1.82) is 0 Å². The fourth-order valence-corrected chi connectivity index (χ4v) is 4.94. The first-order valence-corrected chi connectivity index (χ1v) is 12.2. The second-order valence-corrected chi connectivity index (χ2v) is 9.67. The van der Waals surface area contributed by atoms with Gasteiger partial charge < -0.3 is 23.7 Å². The minimum absolute atomic E-state index is 0.107. The molecule has 0 bridgehead atoms. The molecule has 1 aromatic carbocycles. The highest BCUT2D eigenvalue weighted by molar-refractivity contribution is 5.82. The molecule has 12 nitrogen and oxygen atoms in total. The van der Waals surface area contributed by atoms with Gasteiger partial charge in [0, 0.05) is 18.8 Å². The predicted octanol–water partition coefficient (Wildman–Crippen LogP) is 1.30.